The molecule has 1 amide bonds. The summed E-state index contributed by atoms with van der Waals surface area (Å²) >= 11 is 0. The van der Waals surface area contributed by atoms with E-state index in [4.69, 9.17) is 0 Å². The van der Waals surface area contributed by atoms with Crippen molar-refractivity contribution in [3.05, 3.63) is 71.3 Å². The Labute approximate surface area is 153 Å². The van der Waals surface area contributed by atoms with Crippen LogP contribution in [0.2, 0.25) is 0 Å². The normalized spacial score (nSPS) is 13.8. The zero-order chi connectivity index (χ0) is 18.2. The third-order valence-corrected chi connectivity index (χ3v) is 4.52. The van der Waals surface area contributed by atoms with Gasteiger partial charge in [-0.25, -0.2) is 9.37 Å². The fourth-order valence-electron chi connectivity index (χ4n) is 3.00. The van der Waals surface area contributed by atoms with Crippen molar-refractivity contribution >= 4 is 11.6 Å². The number of allylic oxidation sites excluding steroid dienone is 1. The molecule has 0 aliphatic heterocycles. The number of aromatic nitrogens is 1. The van der Waals surface area contributed by atoms with Crippen molar-refractivity contribution in [1.82, 2.24) is 10.3 Å². The highest BCUT2D eigenvalue weighted by atomic mass is 19.1. The van der Waals surface area contributed by atoms with Crippen LogP contribution in [0.5, 0.6) is 0 Å². The average Bonchev–Trinajstić information content (AvgIpc) is 2.69. The Kier molecular flexibility index (Phi) is 6.36. The number of nitrogens with zero attached hydrogens (tertiary/aromatic N) is 1. The first-order valence-corrected chi connectivity index (χ1v) is 9.11. The van der Waals surface area contributed by atoms with Gasteiger partial charge in [-0.05, 0) is 61.9 Å². The van der Waals surface area contributed by atoms with Crippen LogP contribution in [0.1, 0.15) is 48.2 Å². The molecule has 1 heterocycles. The van der Waals surface area contributed by atoms with Crippen molar-refractivity contribution in [2.45, 2.75) is 38.6 Å². The predicted octanol–water partition coefficient (Wildman–Crippen LogP) is 4.45. The van der Waals surface area contributed by atoms with Crippen LogP contribution >= 0.6 is 0 Å². The van der Waals surface area contributed by atoms with Crippen LogP contribution in [-0.2, 0) is 6.54 Å². The maximum Gasteiger partial charge on any atom is 0.269 e. The first-order valence-electron chi connectivity index (χ1n) is 9.11. The Hall–Kier alpha value is -2.69. The zero-order valence-electron chi connectivity index (χ0n) is 14.8. The first-order chi connectivity index (χ1) is 12.7. The molecule has 2 aromatic rings. The number of carbonyl (C=O) groups is 1. The number of halogens is 1. The van der Waals surface area contributed by atoms with Gasteiger partial charge in [0.05, 0.1) is 11.9 Å². The lowest BCUT2D eigenvalue weighted by Gasteiger charge is -2.13. The van der Waals surface area contributed by atoms with Crippen LogP contribution in [0, 0.1) is 5.82 Å². The number of nitrogens with one attached hydrogen (secondary N) is 2. The molecule has 0 bridgehead atoms. The van der Waals surface area contributed by atoms with Gasteiger partial charge < -0.3 is 10.6 Å². The molecule has 2 N–H and O–H groups in total. The van der Waals surface area contributed by atoms with Crippen LogP contribution in [0.3, 0.4) is 0 Å². The van der Waals surface area contributed by atoms with E-state index in [1.54, 1.807) is 24.4 Å². The summed E-state index contributed by atoms with van der Waals surface area (Å²) in [4.78, 5) is 16.4. The van der Waals surface area contributed by atoms with Gasteiger partial charge in [-0.1, -0.05) is 23.8 Å². The fourth-order valence-corrected chi connectivity index (χ4v) is 3.00. The smallest absolute Gasteiger partial charge is 0.269 e. The summed E-state index contributed by atoms with van der Waals surface area (Å²) in [7, 11) is 0. The molecule has 1 aromatic carbocycles. The van der Waals surface area contributed by atoms with E-state index in [-0.39, 0.29) is 11.7 Å². The van der Waals surface area contributed by atoms with E-state index in [1.165, 1.54) is 30.5 Å². The highest BCUT2D eigenvalue weighted by Crippen LogP contribution is 2.19. The molecule has 0 spiro atoms. The van der Waals surface area contributed by atoms with Crippen molar-refractivity contribution in [2.75, 3.05) is 11.9 Å². The van der Waals surface area contributed by atoms with E-state index in [9.17, 15) is 9.18 Å². The van der Waals surface area contributed by atoms with Crippen molar-refractivity contribution in [1.29, 1.82) is 0 Å². The van der Waals surface area contributed by atoms with Gasteiger partial charge >= 0.3 is 0 Å². The number of anilines is 1. The number of benzene rings is 1. The lowest BCUT2D eigenvalue weighted by molar-refractivity contribution is 0.0949. The SMILES string of the molecule is O=C(NCCC1=CCCCC1)c1ccc(NCc2ccc(F)cc2)cn1. The van der Waals surface area contributed by atoms with Crippen LogP contribution in [0.15, 0.2) is 54.2 Å². The van der Waals surface area contributed by atoms with Crippen LogP contribution in [-0.4, -0.2) is 17.4 Å². The molecule has 1 aromatic heterocycles. The summed E-state index contributed by atoms with van der Waals surface area (Å²) in [5.74, 6) is -0.392. The van der Waals surface area contributed by atoms with E-state index in [2.05, 4.69) is 21.7 Å². The molecule has 4 nitrogen and oxygen atoms in total. The molecular weight excluding hydrogens is 329 g/mol. The van der Waals surface area contributed by atoms with Crippen molar-refractivity contribution < 1.29 is 9.18 Å². The van der Waals surface area contributed by atoms with Gasteiger partial charge in [-0.3, -0.25) is 4.79 Å². The quantitative estimate of drug-likeness (QED) is 0.723. The summed E-state index contributed by atoms with van der Waals surface area (Å²) in [6, 6.07) is 9.88. The summed E-state index contributed by atoms with van der Waals surface area (Å²) in [6.07, 6.45) is 9.72. The molecule has 0 unspecified atom stereocenters. The largest absolute Gasteiger partial charge is 0.380 e. The van der Waals surface area contributed by atoms with E-state index in [1.807, 2.05) is 6.07 Å². The molecule has 0 saturated heterocycles. The Morgan fingerprint density at radius 3 is 2.65 bits per heavy atom. The van der Waals surface area contributed by atoms with E-state index < -0.39 is 0 Å². The third kappa shape index (κ3) is 5.41. The number of hydrogen-bond acceptors (Lipinski definition) is 3. The monoisotopic (exact) mass is 353 g/mol. The predicted molar refractivity (Wildman–Crippen MR) is 101 cm³/mol. The number of pyridine rings is 1. The Bertz CT molecular complexity index is 754. The van der Waals surface area contributed by atoms with E-state index in [0.717, 1.165) is 30.5 Å². The van der Waals surface area contributed by atoms with Gasteiger partial charge in [-0.2, -0.15) is 0 Å². The molecule has 136 valence electrons. The minimum atomic E-state index is -0.245. The lowest BCUT2D eigenvalue weighted by atomic mass is 9.97. The maximum absolute atomic E-state index is 12.9. The number of rotatable bonds is 7. The maximum atomic E-state index is 12.9. The minimum absolute atomic E-state index is 0.147. The molecule has 0 radical (unpaired) electrons. The Morgan fingerprint density at radius 2 is 1.96 bits per heavy atom. The molecule has 1 aliphatic carbocycles. The Morgan fingerprint density at radius 1 is 1.12 bits per heavy atom. The standard InChI is InChI=1S/C21H24FN3O/c22-18-8-6-17(7-9-18)14-24-19-10-11-20(25-15-19)21(26)23-13-12-16-4-2-1-3-5-16/h4,6-11,15,24H,1-3,5,12-14H2,(H,23,26). The average molecular weight is 353 g/mol. The second-order valence-electron chi connectivity index (χ2n) is 6.53. The topological polar surface area (TPSA) is 54.0 Å². The van der Waals surface area contributed by atoms with Gasteiger partial charge in [0.15, 0.2) is 0 Å². The van der Waals surface area contributed by atoms with Gasteiger partial charge in [0, 0.05) is 13.1 Å². The molecule has 0 fully saturated rings. The van der Waals surface area contributed by atoms with Crippen molar-refractivity contribution in [2.24, 2.45) is 0 Å². The van der Waals surface area contributed by atoms with E-state index in [0.29, 0.717) is 18.8 Å². The number of hydrogen-bond donors (Lipinski definition) is 2. The number of carbonyl (C=O) groups excluding carboxylic acids is 1. The zero-order valence-corrected chi connectivity index (χ0v) is 14.8. The number of amides is 1. The van der Waals surface area contributed by atoms with E-state index >= 15 is 0 Å². The fraction of sp³-hybridized carbons (Fsp3) is 0.333. The van der Waals surface area contributed by atoms with Crippen LogP contribution < -0.4 is 10.6 Å². The van der Waals surface area contributed by atoms with Gasteiger partial charge in [-0.15, -0.1) is 0 Å². The Balaban J connectivity index is 1.44. The third-order valence-electron chi connectivity index (χ3n) is 4.52. The molecule has 0 atom stereocenters. The second-order valence-corrected chi connectivity index (χ2v) is 6.53. The highest BCUT2D eigenvalue weighted by Gasteiger charge is 2.08. The summed E-state index contributed by atoms with van der Waals surface area (Å²) in [5, 5.41) is 6.14. The minimum Gasteiger partial charge on any atom is -0.380 e. The first kappa shape index (κ1) is 18.1. The summed E-state index contributed by atoms with van der Waals surface area (Å²) < 4.78 is 12.9. The lowest BCUT2D eigenvalue weighted by Crippen LogP contribution is -2.25. The molecular formula is C21H24FN3O. The molecule has 1 aliphatic rings. The van der Waals surface area contributed by atoms with Gasteiger partial charge in [0.2, 0.25) is 0 Å². The highest BCUT2D eigenvalue weighted by molar-refractivity contribution is 5.92. The second kappa shape index (κ2) is 9.13. The van der Waals surface area contributed by atoms with Crippen LogP contribution in [0.4, 0.5) is 10.1 Å². The van der Waals surface area contributed by atoms with Gasteiger partial charge in [0.25, 0.3) is 5.91 Å². The molecule has 3 rings (SSSR count). The van der Waals surface area contributed by atoms with Gasteiger partial charge in [0.1, 0.15) is 11.5 Å². The molecule has 0 saturated carbocycles. The molecule has 26 heavy (non-hydrogen) atoms. The van der Waals surface area contributed by atoms with Crippen molar-refractivity contribution in [3.63, 3.8) is 0 Å². The summed E-state index contributed by atoms with van der Waals surface area (Å²) in [6.45, 7) is 1.22. The molecule has 5 heteroatoms. The summed E-state index contributed by atoms with van der Waals surface area (Å²) in [5.41, 5.74) is 3.66. The van der Waals surface area contributed by atoms with Crippen molar-refractivity contribution in [3.8, 4) is 0 Å². The van der Waals surface area contributed by atoms with Crippen LogP contribution in [0.25, 0.3) is 0 Å².